The Hall–Kier alpha value is -2.76. The second-order valence-corrected chi connectivity index (χ2v) is 5.22. The zero-order valence-corrected chi connectivity index (χ0v) is 12.8. The number of furan rings is 1. The first-order chi connectivity index (χ1) is 10.5. The van der Waals surface area contributed by atoms with Crippen LogP contribution in [0.1, 0.15) is 30.0 Å². The van der Waals surface area contributed by atoms with E-state index in [-0.39, 0.29) is 18.0 Å². The van der Waals surface area contributed by atoms with Gasteiger partial charge in [-0.15, -0.1) is 0 Å². The first-order valence-corrected chi connectivity index (χ1v) is 6.98. The molecular weight excluding hydrogens is 282 g/mol. The Morgan fingerprint density at radius 1 is 1.00 bits per heavy atom. The lowest BCUT2D eigenvalue weighted by atomic mass is 10.2. The van der Waals surface area contributed by atoms with Crippen molar-refractivity contribution >= 4 is 23.3 Å². The van der Waals surface area contributed by atoms with Gasteiger partial charge in [-0.2, -0.15) is 0 Å². The minimum absolute atomic E-state index is 0.0649. The van der Waals surface area contributed by atoms with Crippen LogP contribution in [0, 0.1) is 6.92 Å². The molecule has 1 aromatic carbocycles. The number of nitrogens with one attached hydrogen (secondary N) is 3. The normalized spacial score (nSPS) is 10.4. The predicted octanol–water partition coefficient (Wildman–Crippen LogP) is 3.37. The van der Waals surface area contributed by atoms with Gasteiger partial charge in [-0.3, -0.25) is 4.79 Å². The van der Waals surface area contributed by atoms with E-state index in [1.807, 2.05) is 13.8 Å². The van der Waals surface area contributed by atoms with Crippen molar-refractivity contribution in [2.24, 2.45) is 0 Å². The van der Waals surface area contributed by atoms with Gasteiger partial charge in [0.05, 0.1) is 6.26 Å². The molecule has 0 aliphatic rings. The Labute approximate surface area is 128 Å². The van der Waals surface area contributed by atoms with Gasteiger partial charge in [0, 0.05) is 23.0 Å². The molecule has 0 fully saturated rings. The molecule has 6 nitrogen and oxygen atoms in total. The highest BCUT2D eigenvalue weighted by atomic mass is 16.3. The lowest BCUT2D eigenvalue weighted by Gasteiger charge is -2.10. The first kappa shape index (κ1) is 15.6. The van der Waals surface area contributed by atoms with Gasteiger partial charge in [-0.05, 0) is 51.1 Å². The molecule has 1 heterocycles. The summed E-state index contributed by atoms with van der Waals surface area (Å²) in [5, 5.41) is 8.18. The minimum Gasteiger partial charge on any atom is -0.459 e. The van der Waals surface area contributed by atoms with Crippen LogP contribution in [0.25, 0.3) is 0 Å². The van der Waals surface area contributed by atoms with E-state index in [2.05, 4.69) is 16.0 Å². The molecule has 0 aliphatic heterocycles. The molecule has 0 saturated carbocycles. The lowest BCUT2D eigenvalue weighted by Crippen LogP contribution is -2.34. The van der Waals surface area contributed by atoms with E-state index in [1.54, 1.807) is 37.3 Å². The maximum atomic E-state index is 12.0. The summed E-state index contributed by atoms with van der Waals surface area (Å²) in [7, 11) is 0. The number of benzene rings is 1. The largest absolute Gasteiger partial charge is 0.459 e. The maximum absolute atomic E-state index is 12.0. The zero-order chi connectivity index (χ0) is 16.1. The van der Waals surface area contributed by atoms with Crippen LogP contribution >= 0.6 is 0 Å². The van der Waals surface area contributed by atoms with Crippen molar-refractivity contribution < 1.29 is 14.0 Å². The molecule has 2 aromatic rings. The van der Waals surface area contributed by atoms with E-state index in [0.29, 0.717) is 17.1 Å². The van der Waals surface area contributed by atoms with Crippen LogP contribution in [0.15, 0.2) is 41.0 Å². The number of carbonyl (C=O) groups excluding carboxylic acids is 2. The monoisotopic (exact) mass is 301 g/mol. The van der Waals surface area contributed by atoms with E-state index in [0.717, 1.165) is 5.56 Å². The Bertz CT molecular complexity index is 660. The van der Waals surface area contributed by atoms with E-state index >= 15 is 0 Å². The second-order valence-electron chi connectivity index (χ2n) is 5.22. The number of amides is 3. The summed E-state index contributed by atoms with van der Waals surface area (Å²) in [6, 6.07) is 8.38. The van der Waals surface area contributed by atoms with E-state index in [4.69, 9.17) is 4.42 Å². The summed E-state index contributed by atoms with van der Waals surface area (Å²) < 4.78 is 5.13. The lowest BCUT2D eigenvalue weighted by molar-refractivity contribution is 0.0996. The van der Waals surface area contributed by atoms with Crippen molar-refractivity contribution in [3.8, 4) is 0 Å². The molecule has 2 rings (SSSR count). The average Bonchev–Trinajstić information content (AvgIpc) is 2.86. The highest BCUT2D eigenvalue weighted by Crippen LogP contribution is 2.16. The molecule has 0 atom stereocenters. The van der Waals surface area contributed by atoms with Gasteiger partial charge in [0.25, 0.3) is 5.91 Å². The van der Waals surface area contributed by atoms with Crippen molar-refractivity contribution in [2.45, 2.75) is 26.8 Å². The number of hydrogen-bond donors (Lipinski definition) is 3. The number of hydrogen-bond acceptors (Lipinski definition) is 3. The summed E-state index contributed by atoms with van der Waals surface area (Å²) in [5.41, 5.74) is 2.04. The van der Waals surface area contributed by atoms with Crippen molar-refractivity contribution in [3.05, 3.63) is 47.9 Å². The molecule has 0 unspecified atom stereocenters. The van der Waals surface area contributed by atoms with Crippen molar-refractivity contribution in [1.29, 1.82) is 0 Å². The van der Waals surface area contributed by atoms with Gasteiger partial charge in [-0.25, -0.2) is 4.79 Å². The molecule has 0 spiro atoms. The summed E-state index contributed by atoms with van der Waals surface area (Å²) in [6.45, 7) is 5.57. The topological polar surface area (TPSA) is 83.4 Å². The second kappa shape index (κ2) is 6.80. The van der Waals surface area contributed by atoms with Gasteiger partial charge in [0.2, 0.25) is 0 Å². The standard InChI is InChI=1S/C16H19N3O3/c1-10(2)17-16(21)19-13-6-4-12(5-7-13)18-15(20)14-11(3)8-9-22-14/h4-10H,1-3H3,(H,18,20)(H2,17,19,21). The molecule has 3 N–H and O–H groups in total. The number of rotatable bonds is 4. The van der Waals surface area contributed by atoms with Crippen molar-refractivity contribution in [2.75, 3.05) is 10.6 Å². The molecule has 0 aliphatic carbocycles. The van der Waals surface area contributed by atoms with Crippen LogP contribution in [0.4, 0.5) is 16.2 Å². The van der Waals surface area contributed by atoms with Gasteiger partial charge in [0.1, 0.15) is 0 Å². The number of anilines is 2. The molecule has 22 heavy (non-hydrogen) atoms. The smallest absolute Gasteiger partial charge is 0.319 e. The molecular formula is C16H19N3O3. The quantitative estimate of drug-likeness (QED) is 0.809. The molecule has 3 amide bonds. The third-order valence-electron chi connectivity index (χ3n) is 2.89. The summed E-state index contributed by atoms with van der Waals surface area (Å²) >= 11 is 0. The van der Waals surface area contributed by atoms with Crippen LogP contribution in [0.3, 0.4) is 0 Å². The maximum Gasteiger partial charge on any atom is 0.319 e. The summed E-state index contributed by atoms with van der Waals surface area (Å²) in [5.74, 6) is -0.0146. The van der Waals surface area contributed by atoms with E-state index < -0.39 is 0 Å². The molecule has 0 radical (unpaired) electrons. The van der Waals surface area contributed by atoms with Crippen LogP contribution in [0.2, 0.25) is 0 Å². The van der Waals surface area contributed by atoms with E-state index in [1.165, 1.54) is 6.26 Å². The third-order valence-corrected chi connectivity index (χ3v) is 2.89. The van der Waals surface area contributed by atoms with Gasteiger partial charge in [-0.1, -0.05) is 0 Å². The van der Waals surface area contributed by atoms with Crippen molar-refractivity contribution in [1.82, 2.24) is 5.32 Å². The molecule has 1 aromatic heterocycles. The SMILES string of the molecule is Cc1ccoc1C(=O)Nc1ccc(NC(=O)NC(C)C)cc1. The molecule has 0 saturated heterocycles. The van der Waals surface area contributed by atoms with Gasteiger partial charge < -0.3 is 20.4 Å². The fraction of sp³-hybridized carbons (Fsp3) is 0.250. The summed E-state index contributed by atoms with van der Waals surface area (Å²) in [4.78, 5) is 23.6. The third kappa shape index (κ3) is 4.12. The predicted molar refractivity (Wildman–Crippen MR) is 85.1 cm³/mol. The van der Waals surface area contributed by atoms with Gasteiger partial charge in [0.15, 0.2) is 5.76 Å². The fourth-order valence-corrected chi connectivity index (χ4v) is 1.86. The first-order valence-electron chi connectivity index (χ1n) is 6.98. The van der Waals surface area contributed by atoms with Crippen LogP contribution < -0.4 is 16.0 Å². The van der Waals surface area contributed by atoms with Crippen LogP contribution in [-0.4, -0.2) is 18.0 Å². The summed E-state index contributed by atoms with van der Waals surface area (Å²) in [6.07, 6.45) is 1.48. The molecule has 116 valence electrons. The average molecular weight is 301 g/mol. The van der Waals surface area contributed by atoms with Crippen LogP contribution in [-0.2, 0) is 0 Å². The Kier molecular flexibility index (Phi) is 4.83. The highest BCUT2D eigenvalue weighted by Gasteiger charge is 2.12. The number of carbonyl (C=O) groups is 2. The molecule has 0 bridgehead atoms. The van der Waals surface area contributed by atoms with Crippen molar-refractivity contribution in [3.63, 3.8) is 0 Å². The Balaban J connectivity index is 1.96. The zero-order valence-electron chi connectivity index (χ0n) is 12.8. The van der Waals surface area contributed by atoms with Gasteiger partial charge >= 0.3 is 6.03 Å². The Morgan fingerprint density at radius 2 is 1.59 bits per heavy atom. The fourth-order valence-electron chi connectivity index (χ4n) is 1.86. The number of aryl methyl sites for hydroxylation is 1. The highest BCUT2D eigenvalue weighted by molar-refractivity contribution is 6.03. The molecule has 6 heteroatoms. The number of urea groups is 1. The van der Waals surface area contributed by atoms with E-state index in [9.17, 15) is 9.59 Å². The Morgan fingerprint density at radius 3 is 2.09 bits per heavy atom. The van der Waals surface area contributed by atoms with Crippen LogP contribution in [0.5, 0.6) is 0 Å². The minimum atomic E-state index is -0.305.